The molecule has 2 amide bonds. The maximum Gasteiger partial charge on any atom is 0.317 e. The largest absolute Gasteiger partial charge is 0.335 e. The van der Waals surface area contributed by atoms with Crippen LogP contribution in [0, 0.1) is 5.92 Å². The molecular formula is C13H22N2O2. The molecule has 2 rings (SSSR count). The molecule has 1 aliphatic heterocycles. The third kappa shape index (κ3) is 3.20. The Kier molecular flexibility index (Phi) is 4.02. The smallest absolute Gasteiger partial charge is 0.317 e. The van der Waals surface area contributed by atoms with Crippen LogP contribution in [-0.2, 0) is 4.79 Å². The number of likely N-dealkylation sites (tertiary alicyclic amines) is 1. The van der Waals surface area contributed by atoms with Gasteiger partial charge in [0.05, 0.1) is 0 Å². The van der Waals surface area contributed by atoms with Crippen molar-refractivity contribution in [3.05, 3.63) is 0 Å². The van der Waals surface area contributed by atoms with E-state index in [0.717, 1.165) is 12.8 Å². The molecule has 1 aliphatic carbocycles. The van der Waals surface area contributed by atoms with Crippen LogP contribution in [0.25, 0.3) is 0 Å². The summed E-state index contributed by atoms with van der Waals surface area (Å²) < 4.78 is 0. The van der Waals surface area contributed by atoms with E-state index in [0.29, 0.717) is 25.6 Å². The van der Waals surface area contributed by atoms with Crippen molar-refractivity contribution in [3.8, 4) is 0 Å². The first-order valence-corrected chi connectivity index (χ1v) is 6.75. The number of ketones is 1. The topological polar surface area (TPSA) is 49.4 Å². The average molecular weight is 238 g/mol. The summed E-state index contributed by atoms with van der Waals surface area (Å²) in [5, 5.41) is 3.10. The molecular weight excluding hydrogens is 216 g/mol. The summed E-state index contributed by atoms with van der Waals surface area (Å²) in [6.45, 7) is 3.07. The number of urea groups is 1. The van der Waals surface area contributed by atoms with E-state index in [1.165, 1.54) is 19.3 Å². The van der Waals surface area contributed by atoms with Crippen LogP contribution in [0.2, 0.25) is 0 Å². The number of piperidine rings is 1. The number of carbonyl (C=O) groups is 2. The van der Waals surface area contributed by atoms with Gasteiger partial charge in [-0.3, -0.25) is 4.79 Å². The standard InChI is InChI=1S/C13H22N2O2/c1-10-9-15(8-7-12(10)16)13(17)14-11-5-3-2-4-6-11/h10-11H,2-9H2,1H3,(H,14,17). The lowest BCUT2D eigenvalue weighted by atomic mass is 9.95. The Morgan fingerprint density at radius 1 is 1.29 bits per heavy atom. The van der Waals surface area contributed by atoms with Crippen LogP contribution in [0.5, 0.6) is 0 Å². The lowest BCUT2D eigenvalue weighted by molar-refractivity contribution is -0.124. The molecule has 0 bridgehead atoms. The van der Waals surface area contributed by atoms with Gasteiger partial charge in [0.2, 0.25) is 0 Å². The first kappa shape index (κ1) is 12.4. The van der Waals surface area contributed by atoms with Gasteiger partial charge in [-0.15, -0.1) is 0 Å². The Morgan fingerprint density at radius 2 is 2.00 bits per heavy atom. The first-order valence-electron chi connectivity index (χ1n) is 6.75. The van der Waals surface area contributed by atoms with Gasteiger partial charge >= 0.3 is 6.03 Å². The highest BCUT2D eigenvalue weighted by Gasteiger charge is 2.27. The van der Waals surface area contributed by atoms with Crippen LogP contribution in [0.15, 0.2) is 0 Å². The third-order valence-corrected chi connectivity index (χ3v) is 3.89. The lowest BCUT2D eigenvalue weighted by Crippen LogP contribution is -2.50. The number of nitrogens with zero attached hydrogens (tertiary/aromatic N) is 1. The number of hydrogen-bond acceptors (Lipinski definition) is 2. The van der Waals surface area contributed by atoms with Gasteiger partial charge in [-0.2, -0.15) is 0 Å². The van der Waals surface area contributed by atoms with E-state index in [2.05, 4.69) is 5.32 Å². The molecule has 2 aliphatic rings. The lowest BCUT2D eigenvalue weighted by Gasteiger charge is -2.32. The summed E-state index contributed by atoms with van der Waals surface area (Å²) in [4.78, 5) is 25.2. The van der Waals surface area contributed by atoms with Crippen molar-refractivity contribution in [2.45, 2.75) is 51.5 Å². The van der Waals surface area contributed by atoms with Gasteiger partial charge < -0.3 is 10.2 Å². The fourth-order valence-corrected chi connectivity index (χ4v) is 2.71. The molecule has 4 heteroatoms. The Morgan fingerprint density at radius 3 is 2.65 bits per heavy atom. The molecule has 1 saturated heterocycles. The highest BCUT2D eigenvalue weighted by atomic mass is 16.2. The molecule has 1 atom stereocenters. The van der Waals surface area contributed by atoms with E-state index in [9.17, 15) is 9.59 Å². The zero-order chi connectivity index (χ0) is 12.3. The van der Waals surface area contributed by atoms with E-state index in [1.54, 1.807) is 4.90 Å². The zero-order valence-electron chi connectivity index (χ0n) is 10.6. The quantitative estimate of drug-likeness (QED) is 0.759. The Balaban J connectivity index is 1.81. The van der Waals surface area contributed by atoms with Crippen molar-refractivity contribution in [1.82, 2.24) is 10.2 Å². The molecule has 0 aromatic rings. The SMILES string of the molecule is CC1CN(C(=O)NC2CCCCC2)CCC1=O. The number of carbonyl (C=O) groups excluding carboxylic acids is 2. The number of hydrogen-bond donors (Lipinski definition) is 1. The summed E-state index contributed by atoms with van der Waals surface area (Å²) in [5.41, 5.74) is 0. The second-order valence-corrected chi connectivity index (χ2v) is 5.35. The number of Topliss-reactive ketones (excluding diaryl/α,β-unsaturated/α-hetero) is 1. The maximum absolute atomic E-state index is 12.0. The van der Waals surface area contributed by atoms with Crippen LogP contribution in [0.1, 0.15) is 45.4 Å². The van der Waals surface area contributed by atoms with E-state index >= 15 is 0 Å². The summed E-state index contributed by atoms with van der Waals surface area (Å²) >= 11 is 0. The van der Waals surface area contributed by atoms with E-state index in [-0.39, 0.29) is 17.7 Å². The fourth-order valence-electron chi connectivity index (χ4n) is 2.71. The van der Waals surface area contributed by atoms with Crippen LogP contribution < -0.4 is 5.32 Å². The molecule has 0 aromatic carbocycles. The van der Waals surface area contributed by atoms with E-state index < -0.39 is 0 Å². The Labute approximate surface area is 103 Å². The predicted octanol–water partition coefficient (Wildman–Crippen LogP) is 1.94. The van der Waals surface area contributed by atoms with Gasteiger partial charge in [0.1, 0.15) is 5.78 Å². The minimum atomic E-state index is 0.000792. The summed E-state index contributed by atoms with van der Waals surface area (Å²) in [6.07, 6.45) is 6.46. The maximum atomic E-state index is 12.0. The van der Waals surface area contributed by atoms with Gasteiger partial charge in [0.15, 0.2) is 0 Å². The van der Waals surface area contributed by atoms with Crippen molar-refractivity contribution in [3.63, 3.8) is 0 Å². The van der Waals surface area contributed by atoms with Crippen molar-refractivity contribution in [1.29, 1.82) is 0 Å². The molecule has 2 fully saturated rings. The second kappa shape index (κ2) is 5.52. The molecule has 96 valence electrons. The van der Waals surface area contributed by atoms with E-state index in [4.69, 9.17) is 0 Å². The molecule has 1 saturated carbocycles. The third-order valence-electron chi connectivity index (χ3n) is 3.89. The summed E-state index contributed by atoms with van der Waals surface area (Å²) in [5.74, 6) is 0.285. The van der Waals surface area contributed by atoms with Crippen LogP contribution in [-0.4, -0.2) is 35.8 Å². The highest BCUT2D eigenvalue weighted by molar-refractivity contribution is 5.84. The van der Waals surface area contributed by atoms with Crippen molar-refractivity contribution >= 4 is 11.8 Å². The summed E-state index contributed by atoms with van der Waals surface area (Å²) in [7, 11) is 0. The first-order chi connectivity index (χ1) is 8.16. The molecule has 1 heterocycles. The molecule has 17 heavy (non-hydrogen) atoms. The molecule has 1 N–H and O–H groups in total. The number of nitrogens with one attached hydrogen (secondary N) is 1. The van der Waals surface area contributed by atoms with Crippen LogP contribution in [0.3, 0.4) is 0 Å². The molecule has 0 spiro atoms. The molecule has 1 unspecified atom stereocenters. The fraction of sp³-hybridized carbons (Fsp3) is 0.846. The highest BCUT2D eigenvalue weighted by Crippen LogP contribution is 2.18. The number of amides is 2. The second-order valence-electron chi connectivity index (χ2n) is 5.35. The molecule has 4 nitrogen and oxygen atoms in total. The number of rotatable bonds is 1. The van der Waals surface area contributed by atoms with E-state index in [1.807, 2.05) is 6.92 Å². The van der Waals surface area contributed by atoms with Crippen LogP contribution >= 0.6 is 0 Å². The monoisotopic (exact) mass is 238 g/mol. The van der Waals surface area contributed by atoms with Gasteiger partial charge in [-0.05, 0) is 12.8 Å². The Bertz CT molecular complexity index is 298. The Hall–Kier alpha value is -1.06. The predicted molar refractivity (Wildman–Crippen MR) is 65.8 cm³/mol. The van der Waals surface area contributed by atoms with Crippen molar-refractivity contribution in [2.75, 3.05) is 13.1 Å². The molecule has 0 radical (unpaired) electrons. The van der Waals surface area contributed by atoms with Crippen LogP contribution in [0.4, 0.5) is 4.79 Å². The van der Waals surface area contributed by atoms with Gasteiger partial charge in [0.25, 0.3) is 0 Å². The zero-order valence-corrected chi connectivity index (χ0v) is 10.6. The van der Waals surface area contributed by atoms with Crippen molar-refractivity contribution < 1.29 is 9.59 Å². The van der Waals surface area contributed by atoms with Gasteiger partial charge in [-0.1, -0.05) is 26.2 Å². The minimum Gasteiger partial charge on any atom is -0.335 e. The molecule has 0 aromatic heterocycles. The van der Waals surface area contributed by atoms with Crippen molar-refractivity contribution in [2.24, 2.45) is 5.92 Å². The normalized spacial score (nSPS) is 27.0. The minimum absolute atomic E-state index is 0.000792. The van der Waals surface area contributed by atoms with Gasteiger partial charge in [0, 0.05) is 31.5 Å². The van der Waals surface area contributed by atoms with Gasteiger partial charge in [-0.25, -0.2) is 4.79 Å². The summed E-state index contributed by atoms with van der Waals surface area (Å²) in [6, 6.07) is 0.375. The average Bonchev–Trinajstić information content (AvgIpc) is 2.34.